The maximum atomic E-state index is 11.5. The van der Waals surface area contributed by atoms with Crippen LogP contribution in [0.15, 0.2) is 24.3 Å². The Morgan fingerprint density at radius 2 is 2.00 bits per heavy atom. The fraction of sp³-hybridized carbons (Fsp3) is 0.364. The molecule has 2 rings (SSSR count). The van der Waals surface area contributed by atoms with Crippen molar-refractivity contribution in [3.05, 3.63) is 24.3 Å². The number of nitrogens with one attached hydrogen (secondary N) is 1. The molecule has 2 N–H and O–H groups in total. The van der Waals surface area contributed by atoms with E-state index in [0.29, 0.717) is 0 Å². The lowest BCUT2D eigenvalue weighted by Crippen LogP contribution is -2.46. The van der Waals surface area contributed by atoms with Gasteiger partial charge in [0.25, 0.3) is 0 Å². The Labute approximate surface area is 96.9 Å². The van der Waals surface area contributed by atoms with Crippen LogP contribution < -0.4 is 5.32 Å². The molecule has 0 aliphatic carbocycles. The lowest BCUT2D eigenvalue weighted by atomic mass is 9.95. The van der Waals surface area contributed by atoms with Crippen LogP contribution >= 0.6 is 0 Å². The summed E-state index contributed by atoms with van der Waals surface area (Å²) in [6.45, 7) is -0.434. The molecule has 3 atom stereocenters. The van der Waals surface area contributed by atoms with Gasteiger partial charge in [-0.25, -0.2) is 0 Å². The molecule has 6 nitrogen and oxygen atoms in total. The third-order valence-corrected chi connectivity index (χ3v) is 2.61. The number of amides is 2. The van der Waals surface area contributed by atoms with Crippen LogP contribution in [0.2, 0.25) is 0 Å². The highest BCUT2D eigenvalue weighted by Gasteiger charge is 2.34. The first-order chi connectivity index (χ1) is 8.11. The molecule has 0 radical (unpaired) electrons. The molecule has 17 heavy (non-hydrogen) atoms. The van der Waals surface area contributed by atoms with Gasteiger partial charge in [0.2, 0.25) is 11.8 Å². The van der Waals surface area contributed by atoms with E-state index >= 15 is 0 Å². The lowest BCUT2D eigenvalue weighted by molar-refractivity contribution is -0.142. The molecule has 2 amide bonds. The zero-order valence-electron chi connectivity index (χ0n) is 8.83. The third kappa shape index (κ3) is 2.32. The van der Waals surface area contributed by atoms with Crippen LogP contribution in [0.1, 0.15) is 0 Å². The molecule has 0 saturated heterocycles. The minimum Gasteiger partial charge on any atom is -0.393 e. The van der Waals surface area contributed by atoms with E-state index in [1.807, 2.05) is 0 Å². The molecule has 0 spiro atoms. The SMILES string of the molecule is O=C1C=CC([C@@H]2C=CC(=O)[C@@H](CO)O2)C(=O)N1. The highest BCUT2D eigenvalue weighted by molar-refractivity contribution is 6.05. The number of imide groups is 1. The Morgan fingerprint density at radius 1 is 1.24 bits per heavy atom. The molecule has 90 valence electrons. The fourth-order valence-corrected chi connectivity index (χ4v) is 1.72. The van der Waals surface area contributed by atoms with Crippen molar-refractivity contribution in [3.8, 4) is 0 Å². The first-order valence-corrected chi connectivity index (χ1v) is 5.13. The average molecular weight is 237 g/mol. The van der Waals surface area contributed by atoms with Gasteiger partial charge in [-0.2, -0.15) is 0 Å². The summed E-state index contributed by atoms with van der Waals surface area (Å²) in [6, 6.07) is 0. The monoisotopic (exact) mass is 237 g/mol. The van der Waals surface area contributed by atoms with Crippen molar-refractivity contribution in [1.29, 1.82) is 0 Å². The summed E-state index contributed by atoms with van der Waals surface area (Å²) in [5.41, 5.74) is 0. The second-order valence-corrected chi connectivity index (χ2v) is 3.77. The van der Waals surface area contributed by atoms with Crippen LogP contribution in [0.4, 0.5) is 0 Å². The molecule has 0 aromatic heterocycles. The van der Waals surface area contributed by atoms with Crippen LogP contribution in [0.5, 0.6) is 0 Å². The van der Waals surface area contributed by atoms with Gasteiger partial charge in [0, 0.05) is 6.08 Å². The molecule has 6 heteroatoms. The lowest BCUT2D eigenvalue weighted by Gasteiger charge is -2.28. The van der Waals surface area contributed by atoms with Crippen LogP contribution in [-0.2, 0) is 19.1 Å². The van der Waals surface area contributed by atoms with Gasteiger partial charge in [-0.05, 0) is 6.08 Å². The topological polar surface area (TPSA) is 92.7 Å². The smallest absolute Gasteiger partial charge is 0.250 e. The highest BCUT2D eigenvalue weighted by atomic mass is 16.5. The number of ketones is 1. The Kier molecular flexibility index (Phi) is 3.16. The molecular weight excluding hydrogens is 226 g/mol. The predicted octanol–water partition coefficient (Wildman–Crippen LogP) is -1.30. The summed E-state index contributed by atoms with van der Waals surface area (Å²) in [7, 11) is 0. The number of rotatable bonds is 2. The van der Waals surface area contributed by atoms with Gasteiger partial charge in [0.05, 0.1) is 18.6 Å². The van der Waals surface area contributed by atoms with Crippen LogP contribution in [0.25, 0.3) is 0 Å². The summed E-state index contributed by atoms with van der Waals surface area (Å²) in [6.07, 6.45) is 3.83. The number of hydrogen-bond acceptors (Lipinski definition) is 5. The number of carbonyl (C=O) groups is 3. The molecule has 0 bridgehead atoms. The molecule has 2 aliphatic heterocycles. The van der Waals surface area contributed by atoms with E-state index in [-0.39, 0.29) is 5.78 Å². The number of hydrogen-bond donors (Lipinski definition) is 2. The highest BCUT2D eigenvalue weighted by Crippen LogP contribution is 2.20. The first kappa shape index (κ1) is 11.7. The number of aliphatic hydroxyl groups is 1. The van der Waals surface area contributed by atoms with Crippen molar-refractivity contribution in [1.82, 2.24) is 5.32 Å². The van der Waals surface area contributed by atoms with E-state index in [9.17, 15) is 14.4 Å². The van der Waals surface area contributed by atoms with E-state index in [1.165, 1.54) is 24.3 Å². The van der Waals surface area contributed by atoms with E-state index in [1.54, 1.807) is 0 Å². The molecule has 2 aliphatic rings. The summed E-state index contributed by atoms with van der Waals surface area (Å²) in [4.78, 5) is 33.7. The zero-order chi connectivity index (χ0) is 12.4. The largest absolute Gasteiger partial charge is 0.393 e. The summed E-state index contributed by atoms with van der Waals surface area (Å²) < 4.78 is 5.28. The minimum absolute atomic E-state index is 0.333. The van der Waals surface area contributed by atoms with Crippen LogP contribution in [0, 0.1) is 5.92 Å². The minimum atomic E-state index is -0.941. The van der Waals surface area contributed by atoms with Gasteiger partial charge in [-0.1, -0.05) is 12.2 Å². The fourth-order valence-electron chi connectivity index (χ4n) is 1.72. The standard InChI is InChI=1S/C11H11NO5/c13-5-9-7(14)2-3-8(17-9)6-1-4-10(15)12-11(6)16/h1-4,6,8-9,13H,5H2,(H,12,15,16)/t6?,8-,9+/m0/s1. The maximum Gasteiger partial charge on any atom is 0.250 e. The van der Waals surface area contributed by atoms with Crippen molar-refractivity contribution in [2.45, 2.75) is 12.2 Å². The Hall–Kier alpha value is -1.79. The van der Waals surface area contributed by atoms with Gasteiger partial charge in [-0.3, -0.25) is 19.7 Å². The van der Waals surface area contributed by atoms with Crippen molar-refractivity contribution >= 4 is 17.6 Å². The van der Waals surface area contributed by atoms with Gasteiger partial charge in [0.15, 0.2) is 5.78 Å². The van der Waals surface area contributed by atoms with Crippen molar-refractivity contribution < 1.29 is 24.2 Å². The Bertz CT molecular complexity index is 426. The van der Waals surface area contributed by atoms with E-state index in [4.69, 9.17) is 9.84 Å². The third-order valence-electron chi connectivity index (χ3n) is 2.61. The summed E-state index contributed by atoms with van der Waals surface area (Å²) >= 11 is 0. The number of ether oxygens (including phenoxy) is 1. The molecule has 0 aromatic carbocycles. The number of aliphatic hydroxyl groups excluding tert-OH is 1. The zero-order valence-corrected chi connectivity index (χ0v) is 8.83. The maximum absolute atomic E-state index is 11.5. The van der Waals surface area contributed by atoms with Gasteiger partial charge >= 0.3 is 0 Å². The molecule has 2 heterocycles. The molecular formula is C11H11NO5. The quantitative estimate of drug-likeness (QED) is 0.582. The van der Waals surface area contributed by atoms with E-state index in [0.717, 1.165) is 0 Å². The molecule has 0 aromatic rings. The van der Waals surface area contributed by atoms with Gasteiger partial charge in [-0.15, -0.1) is 0 Å². The first-order valence-electron chi connectivity index (χ1n) is 5.13. The second-order valence-electron chi connectivity index (χ2n) is 3.77. The normalized spacial score (nSPS) is 32.8. The van der Waals surface area contributed by atoms with Crippen LogP contribution in [0.3, 0.4) is 0 Å². The van der Waals surface area contributed by atoms with E-state index in [2.05, 4.69) is 5.32 Å². The predicted molar refractivity (Wildman–Crippen MR) is 55.7 cm³/mol. The van der Waals surface area contributed by atoms with Gasteiger partial charge in [0.1, 0.15) is 6.10 Å². The summed E-state index contributed by atoms with van der Waals surface area (Å²) in [5, 5.41) is 11.1. The van der Waals surface area contributed by atoms with Crippen LogP contribution in [-0.4, -0.2) is 41.5 Å². The Morgan fingerprint density at radius 3 is 2.65 bits per heavy atom. The molecule has 0 saturated carbocycles. The number of carbonyl (C=O) groups excluding carboxylic acids is 3. The average Bonchev–Trinajstić information content (AvgIpc) is 2.30. The van der Waals surface area contributed by atoms with Crippen molar-refractivity contribution in [3.63, 3.8) is 0 Å². The molecule has 0 fully saturated rings. The summed E-state index contributed by atoms with van der Waals surface area (Å²) in [5.74, 6) is -1.94. The van der Waals surface area contributed by atoms with Crippen molar-refractivity contribution in [2.24, 2.45) is 5.92 Å². The van der Waals surface area contributed by atoms with Crippen molar-refractivity contribution in [2.75, 3.05) is 6.61 Å². The Balaban J connectivity index is 2.16. The van der Waals surface area contributed by atoms with E-state index < -0.39 is 36.5 Å². The molecule has 1 unspecified atom stereocenters. The van der Waals surface area contributed by atoms with Gasteiger partial charge < -0.3 is 9.84 Å². The second kappa shape index (κ2) is 4.60.